The molecule has 0 unspecified atom stereocenters. The molecule has 2 amide bonds. The summed E-state index contributed by atoms with van der Waals surface area (Å²) in [7, 11) is 0. The Morgan fingerprint density at radius 2 is 1.90 bits per heavy atom. The van der Waals surface area contributed by atoms with Gasteiger partial charge in [-0.05, 0) is 37.1 Å². The predicted octanol–water partition coefficient (Wildman–Crippen LogP) is 4.26. The van der Waals surface area contributed by atoms with Gasteiger partial charge < -0.3 is 10.6 Å². The smallest absolute Gasteiger partial charge is 0.319 e. The molecule has 110 valence electrons. The molecule has 0 bridgehead atoms. The molecule has 4 nitrogen and oxygen atoms in total. The van der Waals surface area contributed by atoms with Crippen LogP contribution < -0.4 is 10.6 Å². The zero-order valence-corrected chi connectivity index (χ0v) is 12.7. The molecule has 1 aliphatic rings. The first-order chi connectivity index (χ1) is 10.3. The highest BCUT2D eigenvalue weighted by Gasteiger charge is 2.15. The summed E-state index contributed by atoms with van der Waals surface area (Å²) in [6, 6.07) is 8.01. The topological polar surface area (TPSA) is 54.0 Å². The summed E-state index contributed by atoms with van der Waals surface area (Å²) in [5.41, 5.74) is 1.88. The van der Waals surface area contributed by atoms with Crippen LogP contribution in [0.25, 0.3) is 10.6 Å². The van der Waals surface area contributed by atoms with Crippen molar-refractivity contribution in [2.45, 2.75) is 38.1 Å². The van der Waals surface area contributed by atoms with E-state index in [0.717, 1.165) is 29.1 Å². The summed E-state index contributed by atoms with van der Waals surface area (Å²) in [5, 5.41) is 8.89. The van der Waals surface area contributed by atoms with Crippen molar-refractivity contribution in [2.24, 2.45) is 0 Å². The SMILES string of the molecule is O=C(Nc1ccc(-c2nccs2)cc1)NC1CCCCC1. The van der Waals surface area contributed by atoms with Gasteiger partial charge in [-0.1, -0.05) is 19.3 Å². The molecular formula is C16H19N3OS. The molecular weight excluding hydrogens is 282 g/mol. The first-order valence-corrected chi connectivity index (χ1v) is 8.27. The summed E-state index contributed by atoms with van der Waals surface area (Å²) >= 11 is 1.61. The fourth-order valence-electron chi connectivity index (χ4n) is 2.66. The van der Waals surface area contributed by atoms with E-state index >= 15 is 0 Å². The Hall–Kier alpha value is -1.88. The number of hydrogen-bond acceptors (Lipinski definition) is 3. The summed E-state index contributed by atoms with van der Waals surface area (Å²) in [6.07, 6.45) is 7.70. The van der Waals surface area contributed by atoms with Gasteiger partial charge in [0.1, 0.15) is 5.01 Å². The van der Waals surface area contributed by atoms with Gasteiger partial charge >= 0.3 is 6.03 Å². The number of rotatable bonds is 3. The van der Waals surface area contributed by atoms with E-state index in [1.165, 1.54) is 19.3 Å². The lowest BCUT2D eigenvalue weighted by Gasteiger charge is -2.22. The number of hydrogen-bond donors (Lipinski definition) is 2. The first kappa shape index (κ1) is 14.1. The van der Waals surface area contributed by atoms with Gasteiger partial charge in [0.25, 0.3) is 0 Å². The Bertz CT molecular complexity index is 574. The number of nitrogens with zero attached hydrogens (tertiary/aromatic N) is 1. The van der Waals surface area contributed by atoms with Crippen LogP contribution in [0.15, 0.2) is 35.8 Å². The number of carbonyl (C=O) groups is 1. The van der Waals surface area contributed by atoms with E-state index in [1.54, 1.807) is 17.5 Å². The molecule has 0 spiro atoms. The number of carbonyl (C=O) groups excluding carboxylic acids is 1. The van der Waals surface area contributed by atoms with Crippen LogP contribution in [0.4, 0.5) is 10.5 Å². The van der Waals surface area contributed by atoms with Crippen LogP contribution in [0.2, 0.25) is 0 Å². The molecule has 2 aromatic rings. The molecule has 5 heteroatoms. The summed E-state index contributed by atoms with van der Waals surface area (Å²) in [4.78, 5) is 16.2. The minimum atomic E-state index is -0.108. The average molecular weight is 301 g/mol. The molecule has 1 fully saturated rings. The number of thiazole rings is 1. The highest BCUT2D eigenvalue weighted by atomic mass is 32.1. The van der Waals surface area contributed by atoms with Gasteiger partial charge in [-0.25, -0.2) is 9.78 Å². The second-order valence-corrected chi connectivity index (χ2v) is 6.24. The van der Waals surface area contributed by atoms with Crippen LogP contribution in [0.1, 0.15) is 32.1 Å². The number of benzene rings is 1. The molecule has 1 aliphatic carbocycles. The third-order valence-electron chi connectivity index (χ3n) is 3.76. The number of aromatic nitrogens is 1. The van der Waals surface area contributed by atoms with Gasteiger partial charge in [0.2, 0.25) is 0 Å². The number of urea groups is 1. The monoisotopic (exact) mass is 301 g/mol. The molecule has 2 N–H and O–H groups in total. The molecule has 0 atom stereocenters. The van der Waals surface area contributed by atoms with Crippen LogP contribution >= 0.6 is 11.3 Å². The fraction of sp³-hybridized carbons (Fsp3) is 0.375. The fourth-order valence-corrected chi connectivity index (χ4v) is 3.31. The van der Waals surface area contributed by atoms with Crippen molar-refractivity contribution in [3.05, 3.63) is 35.8 Å². The third-order valence-corrected chi connectivity index (χ3v) is 4.58. The molecule has 0 aliphatic heterocycles. The number of nitrogens with one attached hydrogen (secondary N) is 2. The number of amides is 2. The lowest BCUT2D eigenvalue weighted by Crippen LogP contribution is -2.38. The van der Waals surface area contributed by atoms with E-state index in [2.05, 4.69) is 15.6 Å². The normalized spacial score (nSPS) is 15.6. The van der Waals surface area contributed by atoms with Gasteiger partial charge in [0.05, 0.1) is 0 Å². The third kappa shape index (κ3) is 3.82. The maximum atomic E-state index is 12.0. The van der Waals surface area contributed by atoms with Crippen molar-refractivity contribution in [3.63, 3.8) is 0 Å². The second kappa shape index (κ2) is 6.72. The first-order valence-electron chi connectivity index (χ1n) is 7.39. The largest absolute Gasteiger partial charge is 0.335 e. The van der Waals surface area contributed by atoms with Crippen LogP contribution in [0.5, 0.6) is 0 Å². The Balaban J connectivity index is 1.56. The molecule has 1 saturated carbocycles. The van der Waals surface area contributed by atoms with Crippen molar-refractivity contribution in [1.82, 2.24) is 10.3 Å². The van der Waals surface area contributed by atoms with E-state index in [-0.39, 0.29) is 6.03 Å². The maximum absolute atomic E-state index is 12.0. The summed E-state index contributed by atoms with van der Waals surface area (Å²) in [5.74, 6) is 0. The van der Waals surface area contributed by atoms with Crippen LogP contribution in [-0.4, -0.2) is 17.1 Å². The molecule has 0 radical (unpaired) electrons. The van der Waals surface area contributed by atoms with Crippen molar-refractivity contribution in [1.29, 1.82) is 0 Å². The molecule has 0 saturated heterocycles. The molecule has 21 heavy (non-hydrogen) atoms. The van der Waals surface area contributed by atoms with Crippen molar-refractivity contribution >= 4 is 23.1 Å². The molecule has 1 heterocycles. The number of anilines is 1. The van der Waals surface area contributed by atoms with Gasteiger partial charge in [0.15, 0.2) is 0 Å². The van der Waals surface area contributed by atoms with Gasteiger partial charge in [-0.15, -0.1) is 11.3 Å². The van der Waals surface area contributed by atoms with Crippen LogP contribution in [0.3, 0.4) is 0 Å². The van der Waals surface area contributed by atoms with Crippen LogP contribution in [0, 0.1) is 0 Å². The zero-order valence-electron chi connectivity index (χ0n) is 11.8. The Labute approximate surface area is 128 Å². The van der Waals surface area contributed by atoms with Gasteiger partial charge in [-0.3, -0.25) is 0 Å². The highest BCUT2D eigenvalue weighted by molar-refractivity contribution is 7.13. The predicted molar refractivity (Wildman–Crippen MR) is 86.6 cm³/mol. The molecule has 1 aromatic carbocycles. The second-order valence-electron chi connectivity index (χ2n) is 5.35. The Kier molecular flexibility index (Phi) is 4.50. The van der Waals surface area contributed by atoms with E-state index in [9.17, 15) is 4.79 Å². The minimum absolute atomic E-state index is 0.108. The van der Waals surface area contributed by atoms with E-state index < -0.39 is 0 Å². The molecule has 3 rings (SSSR count). The van der Waals surface area contributed by atoms with E-state index in [1.807, 2.05) is 29.6 Å². The van der Waals surface area contributed by atoms with Crippen LogP contribution in [-0.2, 0) is 0 Å². The van der Waals surface area contributed by atoms with E-state index in [0.29, 0.717) is 6.04 Å². The average Bonchev–Trinajstić information content (AvgIpc) is 3.03. The lowest BCUT2D eigenvalue weighted by atomic mass is 9.96. The van der Waals surface area contributed by atoms with Crippen molar-refractivity contribution in [2.75, 3.05) is 5.32 Å². The van der Waals surface area contributed by atoms with Crippen molar-refractivity contribution < 1.29 is 4.79 Å². The van der Waals surface area contributed by atoms with E-state index in [4.69, 9.17) is 0 Å². The minimum Gasteiger partial charge on any atom is -0.335 e. The van der Waals surface area contributed by atoms with Gasteiger partial charge in [0, 0.05) is 28.9 Å². The zero-order chi connectivity index (χ0) is 14.5. The Morgan fingerprint density at radius 3 is 2.57 bits per heavy atom. The quantitative estimate of drug-likeness (QED) is 0.889. The van der Waals surface area contributed by atoms with Crippen molar-refractivity contribution in [3.8, 4) is 10.6 Å². The summed E-state index contributed by atoms with van der Waals surface area (Å²) in [6.45, 7) is 0. The molecule has 1 aromatic heterocycles. The highest BCUT2D eigenvalue weighted by Crippen LogP contribution is 2.23. The Morgan fingerprint density at radius 1 is 1.14 bits per heavy atom. The lowest BCUT2D eigenvalue weighted by molar-refractivity contribution is 0.244. The summed E-state index contributed by atoms with van der Waals surface area (Å²) < 4.78 is 0. The van der Waals surface area contributed by atoms with Gasteiger partial charge in [-0.2, -0.15) is 0 Å². The standard InChI is InChI=1S/C16H19N3OS/c20-16(18-13-4-2-1-3-5-13)19-14-8-6-12(7-9-14)15-17-10-11-21-15/h6-11,13H,1-5H2,(H2,18,19,20). The maximum Gasteiger partial charge on any atom is 0.319 e.